The fraction of sp³-hybridized carbons (Fsp3) is 0.667. The van der Waals surface area contributed by atoms with Gasteiger partial charge in [0.15, 0.2) is 0 Å². The molecule has 1 fully saturated rings. The van der Waals surface area contributed by atoms with Crippen LogP contribution in [0.15, 0.2) is 24.3 Å². The van der Waals surface area contributed by atoms with E-state index in [2.05, 4.69) is 5.32 Å². The molecule has 5 nitrogen and oxygen atoms in total. The molecule has 1 N–H and O–H groups in total. The number of rotatable bonds is 9. The Morgan fingerprint density at radius 2 is 1.87 bits per heavy atom. The van der Waals surface area contributed by atoms with E-state index in [-0.39, 0.29) is 17.6 Å². The summed E-state index contributed by atoms with van der Waals surface area (Å²) < 4.78 is 65.2. The van der Waals surface area contributed by atoms with Crippen molar-refractivity contribution in [2.75, 3.05) is 18.8 Å². The summed E-state index contributed by atoms with van der Waals surface area (Å²) in [6.07, 6.45) is -0.971. The molecule has 0 radical (unpaired) electrons. The lowest BCUT2D eigenvalue weighted by atomic mass is 9.95. The van der Waals surface area contributed by atoms with Crippen molar-refractivity contribution in [1.82, 2.24) is 9.62 Å². The second kappa shape index (κ2) is 10.6. The van der Waals surface area contributed by atoms with Crippen molar-refractivity contribution in [3.05, 3.63) is 35.4 Å². The smallest absolute Gasteiger partial charge is 0.349 e. The van der Waals surface area contributed by atoms with Gasteiger partial charge < -0.3 is 5.32 Å². The van der Waals surface area contributed by atoms with Crippen molar-refractivity contribution in [3.8, 4) is 0 Å². The Morgan fingerprint density at radius 3 is 2.43 bits per heavy atom. The average Bonchev–Trinajstić information content (AvgIpc) is 2.71. The van der Waals surface area contributed by atoms with E-state index < -0.39 is 27.8 Å². The number of amides is 1. The fourth-order valence-corrected chi connectivity index (χ4v) is 5.36. The zero-order chi connectivity index (χ0) is 22.4. The molecular weight excluding hydrogens is 417 g/mol. The number of alkyl halides is 3. The molecule has 9 heteroatoms. The van der Waals surface area contributed by atoms with Crippen LogP contribution in [0.4, 0.5) is 13.2 Å². The van der Waals surface area contributed by atoms with Crippen LogP contribution in [0.25, 0.3) is 0 Å². The summed E-state index contributed by atoms with van der Waals surface area (Å²) in [5.74, 6) is -0.446. The van der Waals surface area contributed by atoms with Crippen LogP contribution in [0, 0.1) is 5.92 Å². The molecule has 1 aromatic rings. The van der Waals surface area contributed by atoms with Gasteiger partial charge in [0.05, 0.1) is 17.4 Å². The lowest BCUT2D eigenvalue weighted by Crippen LogP contribution is -2.44. The Balaban J connectivity index is 2.02. The van der Waals surface area contributed by atoms with Gasteiger partial charge in [0.25, 0.3) is 0 Å². The third kappa shape index (κ3) is 6.70. The minimum Gasteiger partial charge on any atom is -0.349 e. The number of piperidine rings is 1. The van der Waals surface area contributed by atoms with E-state index in [1.165, 1.54) is 10.4 Å². The molecule has 0 aromatic heterocycles. The summed E-state index contributed by atoms with van der Waals surface area (Å²) in [6, 6.07) is 4.55. The molecule has 0 bridgehead atoms. The van der Waals surface area contributed by atoms with Crippen LogP contribution >= 0.6 is 0 Å². The van der Waals surface area contributed by atoms with Gasteiger partial charge in [-0.3, -0.25) is 4.79 Å². The number of hydrogen-bond donors (Lipinski definition) is 1. The normalized spacial score (nSPS) is 17.6. The van der Waals surface area contributed by atoms with Crippen LogP contribution in [0.3, 0.4) is 0 Å². The van der Waals surface area contributed by atoms with Crippen LogP contribution in [-0.4, -0.2) is 37.5 Å². The summed E-state index contributed by atoms with van der Waals surface area (Å²) in [7, 11) is -3.29. The molecule has 0 aliphatic carbocycles. The molecule has 0 saturated carbocycles. The van der Waals surface area contributed by atoms with Gasteiger partial charge in [-0.15, -0.1) is 0 Å². The summed E-state index contributed by atoms with van der Waals surface area (Å²) in [6.45, 7) is 4.44. The minimum atomic E-state index is -4.44. The van der Waals surface area contributed by atoms with E-state index in [9.17, 15) is 26.4 Å². The van der Waals surface area contributed by atoms with Gasteiger partial charge in [0.1, 0.15) is 0 Å². The fourth-order valence-electron chi connectivity index (χ4n) is 3.68. The molecule has 1 aromatic carbocycles. The van der Waals surface area contributed by atoms with Crippen molar-refractivity contribution in [2.45, 2.75) is 64.6 Å². The van der Waals surface area contributed by atoms with E-state index in [0.717, 1.165) is 18.6 Å². The third-order valence-electron chi connectivity index (χ3n) is 5.48. The molecule has 1 atom stereocenters. The second-order valence-electron chi connectivity index (χ2n) is 7.82. The van der Waals surface area contributed by atoms with E-state index in [0.29, 0.717) is 50.8 Å². The average molecular weight is 449 g/mol. The molecule has 170 valence electrons. The van der Waals surface area contributed by atoms with Gasteiger partial charge in [-0.1, -0.05) is 38.8 Å². The maximum atomic E-state index is 13.0. The van der Waals surface area contributed by atoms with Crippen LogP contribution in [0.5, 0.6) is 0 Å². The Bertz CT molecular complexity index is 804. The molecule has 1 saturated heterocycles. The molecule has 1 heterocycles. The molecule has 1 amide bonds. The van der Waals surface area contributed by atoms with Crippen molar-refractivity contribution in [1.29, 1.82) is 0 Å². The Hall–Kier alpha value is -1.61. The molecule has 1 aliphatic rings. The highest BCUT2D eigenvalue weighted by molar-refractivity contribution is 7.89. The number of hydrogen-bond acceptors (Lipinski definition) is 3. The highest BCUT2D eigenvalue weighted by Gasteiger charge is 2.33. The van der Waals surface area contributed by atoms with E-state index >= 15 is 0 Å². The van der Waals surface area contributed by atoms with Crippen LogP contribution in [-0.2, 0) is 21.0 Å². The first-order valence-electron chi connectivity index (χ1n) is 10.5. The summed E-state index contributed by atoms with van der Waals surface area (Å²) in [5.41, 5.74) is -0.305. The van der Waals surface area contributed by atoms with Crippen molar-refractivity contribution < 1.29 is 26.4 Å². The van der Waals surface area contributed by atoms with Gasteiger partial charge in [-0.05, 0) is 43.4 Å². The lowest BCUT2D eigenvalue weighted by Gasteiger charge is -2.31. The molecule has 0 spiro atoms. The first-order chi connectivity index (χ1) is 14.1. The predicted molar refractivity (Wildman–Crippen MR) is 110 cm³/mol. The number of unbranched alkanes of at least 4 members (excludes halogenated alkanes) is 1. The number of carbonyl (C=O) groups excluding carboxylic acids is 1. The maximum Gasteiger partial charge on any atom is 0.416 e. The number of carbonyl (C=O) groups is 1. The summed E-state index contributed by atoms with van der Waals surface area (Å²) >= 11 is 0. The van der Waals surface area contributed by atoms with Gasteiger partial charge in [0.2, 0.25) is 15.9 Å². The minimum absolute atomic E-state index is 0.120. The Labute approximate surface area is 177 Å². The molecule has 1 unspecified atom stereocenters. The predicted octanol–water partition coefficient (Wildman–Crippen LogP) is 4.50. The number of sulfonamides is 1. The topological polar surface area (TPSA) is 66.5 Å². The quantitative estimate of drug-likeness (QED) is 0.605. The highest BCUT2D eigenvalue weighted by Crippen LogP contribution is 2.32. The molecule has 1 aliphatic heterocycles. The van der Waals surface area contributed by atoms with Gasteiger partial charge in [-0.2, -0.15) is 13.2 Å². The Kier molecular flexibility index (Phi) is 8.73. The maximum absolute atomic E-state index is 13.0. The van der Waals surface area contributed by atoms with E-state index in [1.54, 1.807) is 6.07 Å². The van der Waals surface area contributed by atoms with E-state index in [4.69, 9.17) is 0 Å². The molecule has 30 heavy (non-hydrogen) atoms. The van der Waals surface area contributed by atoms with Crippen molar-refractivity contribution >= 4 is 15.9 Å². The number of nitrogens with one attached hydrogen (secondary N) is 1. The van der Waals surface area contributed by atoms with Gasteiger partial charge >= 0.3 is 6.18 Å². The Morgan fingerprint density at radius 1 is 1.20 bits per heavy atom. The van der Waals surface area contributed by atoms with Gasteiger partial charge in [0, 0.05) is 19.0 Å². The number of benzene rings is 1. The zero-order valence-electron chi connectivity index (χ0n) is 17.5. The SMILES string of the molecule is CCCCS(=O)(=O)N1CCC(C(=O)NC(CCC)c2cccc(C(F)(F)F)c2)CC1. The van der Waals surface area contributed by atoms with E-state index in [1.807, 2.05) is 13.8 Å². The van der Waals surface area contributed by atoms with Crippen molar-refractivity contribution in [3.63, 3.8) is 0 Å². The first kappa shape index (κ1) is 24.7. The lowest BCUT2D eigenvalue weighted by molar-refractivity contribution is -0.137. The monoisotopic (exact) mass is 448 g/mol. The van der Waals surface area contributed by atoms with Gasteiger partial charge in [-0.25, -0.2) is 12.7 Å². The summed E-state index contributed by atoms with van der Waals surface area (Å²) in [4.78, 5) is 12.8. The number of halogens is 3. The first-order valence-corrected chi connectivity index (χ1v) is 12.1. The number of nitrogens with zero attached hydrogens (tertiary/aromatic N) is 1. The standard InChI is InChI=1S/C21H31F3N2O3S/c1-3-5-14-30(28,29)26-12-10-16(11-13-26)20(27)25-19(7-4-2)17-8-6-9-18(15-17)21(22,23)24/h6,8-9,15-16,19H,3-5,7,10-14H2,1-2H3,(H,25,27). The van der Waals surface area contributed by atoms with Crippen LogP contribution < -0.4 is 5.32 Å². The van der Waals surface area contributed by atoms with Crippen LogP contribution in [0.1, 0.15) is 69.5 Å². The molecule has 2 rings (SSSR count). The molecular formula is C21H31F3N2O3S. The third-order valence-corrected chi connectivity index (χ3v) is 7.44. The second-order valence-corrected chi connectivity index (χ2v) is 9.90. The largest absolute Gasteiger partial charge is 0.416 e. The zero-order valence-corrected chi connectivity index (χ0v) is 18.4. The van der Waals surface area contributed by atoms with Crippen molar-refractivity contribution in [2.24, 2.45) is 5.92 Å². The highest BCUT2D eigenvalue weighted by atomic mass is 32.2. The van der Waals surface area contributed by atoms with Crippen LogP contribution in [0.2, 0.25) is 0 Å². The summed E-state index contributed by atoms with van der Waals surface area (Å²) in [5, 5.41) is 2.90.